The molecule has 1 fully saturated rings. The first-order valence-electron chi connectivity index (χ1n) is 8.68. The summed E-state index contributed by atoms with van der Waals surface area (Å²) < 4.78 is 46.3. The number of aromatic nitrogens is 3. The summed E-state index contributed by atoms with van der Waals surface area (Å²) in [5, 5.41) is 19.4. The fraction of sp³-hybridized carbons (Fsp3) is 0.368. The second-order valence-electron chi connectivity index (χ2n) is 6.80. The van der Waals surface area contributed by atoms with E-state index >= 15 is 0 Å². The van der Waals surface area contributed by atoms with Crippen LogP contribution in [0, 0.1) is 6.92 Å². The van der Waals surface area contributed by atoms with E-state index in [9.17, 15) is 18.3 Å². The summed E-state index contributed by atoms with van der Waals surface area (Å²) in [6.45, 7) is 2.97. The van der Waals surface area contributed by atoms with E-state index in [2.05, 4.69) is 10.2 Å². The zero-order valence-electron chi connectivity index (χ0n) is 14.6. The van der Waals surface area contributed by atoms with E-state index in [0.29, 0.717) is 17.9 Å². The van der Waals surface area contributed by atoms with Crippen molar-refractivity contribution in [1.29, 1.82) is 0 Å². The molecule has 3 aromatic rings. The van der Waals surface area contributed by atoms with Crippen LogP contribution in [-0.4, -0.2) is 32.6 Å². The van der Waals surface area contributed by atoms with Gasteiger partial charge in [-0.05, 0) is 49.6 Å². The minimum atomic E-state index is -4.52. The summed E-state index contributed by atoms with van der Waals surface area (Å²) in [7, 11) is 0. The van der Waals surface area contributed by atoms with Crippen molar-refractivity contribution >= 4 is 11.0 Å². The van der Waals surface area contributed by atoms with Crippen molar-refractivity contribution in [3.8, 4) is 17.0 Å². The lowest BCUT2D eigenvalue weighted by molar-refractivity contribution is -0.137. The maximum Gasteiger partial charge on any atom is 0.416 e. The van der Waals surface area contributed by atoms with E-state index in [1.807, 2.05) is 16.8 Å². The highest BCUT2D eigenvalue weighted by atomic mass is 19.4. The number of phenolic OH excluding ortho intramolecular Hbond substituents is 1. The van der Waals surface area contributed by atoms with Crippen molar-refractivity contribution in [2.45, 2.75) is 38.6 Å². The Morgan fingerprint density at radius 3 is 2.74 bits per heavy atom. The van der Waals surface area contributed by atoms with E-state index in [0.717, 1.165) is 37.0 Å². The minimum Gasteiger partial charge on any atom is -0.507 e. The highest BCUT2D eigenvalue weighted by molar-refractivity contribution is 5.82. The van der Waals surface area contributed by atoms with Crippen molar-refractivity contribution in [3.63, 3.8) is 0 Å². The Balaban J connectivity index is 1.70. The molecule has 1 aromatic carbocycles. The largest absolute Gasteiger partial charge is 0.507 e. The molecule has 0 saturated carbocycles. The molecule has 142 valence electrons. The van der Waals surface area contributed by atoms with Crippen LogP contribution in [0.2, 0.25) is 0 Å². The van der Waals surface area contributed by atoms with Crippen molar-refractivity contribution in [2.75, 3.05) is 6.61 Å². The number of aryl methyl sites for hydroxylation is 1. The summed E-state index contributed by atoms with van der Waals surface area (Å²) in [6, 6.07) is 5.32. The van der Waals surface area contributed by atoms with Crippen LogP contribution in [-0.2, 0) is 17.5 Å². The summed E-state index contributed by atoms with van der Waals surface area (Å²) in [6.07, 6.45) is -0.417. The molecule has 0 spiro atoms. The van der Waals surface area contributed by atoms with Crippen LogP contribution >= 0.6 is 0 Å². The summed E-state index contributed by atoms with van der Waals surface area (Å²) in [5.41, 5.74) is 0.663. The van der Waals surface area contributed by atoms with Crippen LogP contribution < -0.4 is 0 Å². The van der Waals surface area contributed by atoms with Gasteiger partial charge in [0.15, 0.2) is 5.65 Å². The molecule has 0 radical (unpaired) electrons. The standard InChI is InChI=1S/C19H18F3N3O2/c1-11-7-13(19(20,21)22)9-16(26)17(11)15-8-12-4-5-25(18(12)24-23-15)10-14-3-2-6-27-14/h4-5,7-9,14,26H,2-3,6,10H2,1H3. The molecular weight excluding hydrogens is 359 g/mol. The molecule has 1 N–H and O–H groups in total. The predicted octanol–water partition coefficient (Wildman–Crippen LogP) is 4.31. The average Bonchev–Trinajstić information content (AvgIpc) is 3.24. The summed E-state index contributed by atoms with van der Waals surface area (Å²) >= 11 is 0. The molecule has 27 heavy (non-hydrogen) atoms. The molecule has 5 nitrogen and oxygen atoms in total. The van der Waals surface area contributed by atoms with Crippen molar-refractivity contribution in [2.24, 2.45) is 0 Å². The lowest BCUT2D eigenvalue weighted by Crippen LogP contribution is -2.14. The monoisotopic (exact) mass is 377 g/mol. The number of hydrogen-bond acceptors (Lipinski definition) is 4. The molecule has 4 rings (SSSR count). The van der Waals surface area contributed by atoms with E-state index in [-0.39, 0.29) is 17.2 Å². The Bertz CT molecular complexity index is 969. The zero-order valence-corrected chi connectivity index (χ0v) is 14.6. The van der Waals surface area contributed by atoms with Gasteiger partial charge < -0.3 is 14.4 Å². The SMILES string of the molecule is Cc1cc(C(F)(F)F)cc(O)c1-c1cc2ccn(CC3CCCO3)c2nn1. The molecule has 0 aliphatic carbocycles. The molecule has 1 saturated heterocycles. The van der Waals surface area contributed by atoms with Crippen molar-refractivity contribution in [3.05, 3.63) is 41.6 Å². The third kappa shape index (κ3) is 3.37. The van der Waals surface area contributed by atoms with Gasteiger partial charge in [0.1, 0.15) is 5.75 Å². The molecule has 2 aromatic heterocycles. The van der Waals surface area contributed by atoms with Gasteiger partial charge in [0, 0.05) is 23.8 Å². The van der Waals surface area contributed by atoms with Gasteiger partial charge in [0.25, 0.3) is 0 Å². The first-order valence-corrected chi connectivity index (χ1v) is 8.68. The number of benzene rings is 1. The van der Waals surface area contributed by atoms with Gasteiger partial charge in [-0.15, -0.1) is 10.2 Å². The maximum absolute atomic E-state index is 12.9. The fourth-order valence-corrected chi connectivity index (χ4v) is 3.53. The van der Waals surface area contributed by atoms with E-state index in [4.69, 9.17) is 4.74 Å². The van der Waals surface area contributed by atoms with Crippen LogP contribution in [0.1, 0.15) is 24.0 Å². The Morgan fingerprint density at radius 1 is 1.26 bits per heavy atom. The van der Waals surface area contributed by atoms with Crippen LogP contribution in [0.3, 0.4) is 0 Å². The molecule has 0 amide bonds. The van der Waals surface area contributed by atoms with Gasteiger partial charge in [-0.2, -0.15) is 13.2 Å². The Kier molecular flexibility index (Phi) is 4.30. The number of hydrogen-bond donors (Lipinski definition) is 1. The number of phenols is 1. The first kappa shape index (κ1) is 17.8. The first-order chi connectivity index (χ1) is 12.8. The molecule has 1 aliphatic heterocycles. The van der Waals surface area contributed by atoms with Crippen LogP contribution in [0.25, 0.3) is 22.3 Å². The summed E-state index contributed by atoms with van der Waals surface area (Å²) in [5.74, 6) is -0.463. The number of ether oxygens (including phenoxy) is 1. The average molecular weight is 377 g/mol. The topological polar surface area (TPSA) is 60.2 Å². The van der Waals surface area contributed by atoms with Gasteiger partial charge in [-0.25, -0.2) is 0 Å². The predicted molar refractivity (Wildman–Crippen MR) is 93.3 cm³/mol. The number of halogens is 3. The second-order valence-corrected chi connectivity index (χ2v) is 6.80. The fourth-order valence-electron chi connectivity index (χ4n) is 3.53. The van der Waals surface area contributed by atoms with Crippen molar-refractivity contribution < 1.29 is 23.0 Å². The molecular formula is C19H18F3N3O2. The van der Waals surface area contributed by atoms with Crippen LogP contribution in [0.5, 0.6) is 5.75 Å². The molecule has 8 heteroatoms. The van der Waals surface area contributed by atoms with E-state index < -0.39 is 17.5 Å². The van der Waals surface area contributed by atoms with Crippen LogP contribution in [0.15, 0.2) is 30.5 Å². The van der Waals surface area contributed by atoms with Gasteiger partial charge >= 0.3 is 6.18 Å². The summed E-state index contributed by atoms with van der Waals surface area (Å²) in [4.78, 5) is 0. The van der Waals surface area contributed by atoms with E-state index in [1.165, 1.54) is 6.92 Å². The van der Waals surface area contributed by atoms with Gasteiger partial charge in [0.2, 0.25) is 0 Å². The number of nitrogens with zero attached hydrogens (tertiary/aromatic N) is 3. The Labute approximate surface area is 153 Å². The molecule has 1 aliphatic rings. The minimum absolute atomic E-state index is 0.156. The van der Waals surface area contributed by atoms with E-state index in [1.54, 1.807) is 6.07 Å². The van der Waals surface area contributed by atoms with Crippen LogP contribution in [0.4, 0.5) is 13.2 Å². The van der Waals surface area contributed by atoms with Gasteiger partial charge in [-0.1, -0.05) is 0 Å². The third-order valence-electron chi connectivity index (χ3n) is 4.83. The maximum atomic E-state index is 12.9. The van der Waals surface area contributed by atoms with Crippen molar-refractivity contribution in [1.82, 2.24) is 14.8 Å². The second kappa shape index (κ2) is 6.53. The molecule has 1 unspecified atom stereocenters. The Hall–Kier alpha value is -2.61. The lowest BCUT2D eigenvalue weighted by atomic mass is 10.00. The number of rotatable bonds is 3. The molecule has 0 bridgehead atoms. The number of aromatic hydroxyl groups is 1. The Morgan fingerprint density at radius 2 is 2.07 bits per heavy atom. The quantitative estimate of drug-likeness (QED) is 0.739. The smallest absolute Gasteiger partial charge is 0.416 e. The zero-order chi connectivity index (χ0) is 19.2. The lowest BCUT2D eigenvalue weighted by Gasteiger charge is -2.13. The van der Waals surface area contributed by atoms with Gasteiger partial charge in [0.05, 0.1) is 23.9 Å². The molecule has 1 atom stereocenters. The highest BCUT2D eigenvalue weighted by Crippen LogP contribution is 2.38. The van der Waals surface area contributed by atoms with Gasteiger partial charge in [-0.3, -0.25) is 0 Å². The number of alkyl halides is 3. The third-order valence-corrected chi connectivity index (χ3v) is 4.83. The number of fused-ring (bicyclic) bond motifs is 1. The highest BCUT2D eigenvalue weighted by Gasteiger charge is 2.32. The normalized spacial score (nSPS) is 17.7. The molecule has 3 heterocycles.